The molecule has 0 atom stereocenters. The van der Waals surface area contributed by atoms with Crippen molar-refractivity contribution in [1.82, 2.24) is 0 Å². The predicted octanol–water partition coefficient (Wildman–Crippen LogP) is 2.74. The van der Waals surface area contributed by atoms with Gasteiger partial charge in [-0.15, -0.1) is 0 Å². The Hall–Kier alpha value is -0.850. The molecule has 0 amide bonds. The fourth-order valence-corrected chi connectivity index (χ4v) is 1.84. The van der Waals surface area contributed by atoms with Crippen LogP contribution in [0.15, 0.2) is 28.8 Å². The van der Waals surface area contributed by atoms with Crippen LogP contribution >= 0.6 is 0 Å². The molecule has 0 radical (unpaired) electrons. The molecule has 0 N–H and O–H groups in total. The first-order valence-corrected chi connectivity index (χ1v) is 4.60. The van der Waals surface area contributed by atoms with Crippen LogP contribution in [0.2, 0.25) is 0 Å². The molecule has 0 aromatic heterocycles. The van der Waals surface area contributed by atoms with Crippen LogP contribution in [0.25, 0.3) is 0 Å². The summed E-state index contributed by atoms with van der Waals surface area (Å²) in [5.41, 5.74) is 3.00. The highest BCUT2D eigenvalue weighted by atomic mass is 14.8. The van der Waals surface area contributed by atoms with Gasteiger partial charge in [-0.1, -0.05) is 26.0 Å². The number of fused-ring (bicyclic) bond motifs is 1. The maximum Gasteiger partial charge on any atom is 0.0600 e. The molecule has 1 heterocycles. The second-order valence-electron chi connectivity index (χ2n) is 4.28. The van der Waals surface area contributed by atoms with E-state index in [2.05, 4.69) is 37.1 Å². The van der Waals surface area contributed by atoms with E-state index in [0.717, 1.165) is 19.4 Å². The standard InChI is InChI=1S/C11H15N/c1-11(2)6-3-4-10-9(8-11)5-7-12-10/h3-4,8H,5-7H2,1-2H3. The minimum atomic E-state index is 0.327. The number of nitrogens with zero attached hydrogens (tertiary/aromatic N) is 1. The summed E-state index contributed by atoms with van der Waals surface area (Å²) < 4.78 is 0. The number of hydrogen-bond donors (Lipinski definition) is 0. The van der Waals surface area contributed by atoms with Gasteiger partial charge in [-0.05, 0) is 29.9 Å². The van der Waals surface area contributed by atoms with Crippen molar-refractivity contribution in [1.29, 1.82) is 0 Å². The van der Waals surface area contributed by atoms with E-state index in [4.69, 9.17) is 0 Å². The van der Waals surface area contributed by atoms with Crippen molar-refractivity contribution in [3.63, 3.8) is 0 Å². The Morgan fingerprint density at radius 1 is 1.42 bits per heavy atom. The zero-order valence-corrected chi connectivity index (χ0v) is 7.80. The summed E-state index contributed by atoms with van der Waals surface area (Å²) in [6.07, 6.45) is 9.08. The molecule has 1 heteroatoms. The molecule has 1 aliphatic carbocycles. The van der Waals surface area contributed by atoms with E-state index in [0.29, 0.717) is 5.41 Å². The minimum Gasteiger partial charge on any atom is -0.285 e. The minimum absolute atomic E-state index is 0.327. The topological polar surface area (TPSA) is 12.4 Å². The van der Waals surface area contributed by atoms with Crippen molar-refractivity contribution >= 4 is 5.71 Å². The van der Waals surface area contributed by atoms with Gasteiger partial charge in [0.15, 0.2) is 0 Å². The lowest BCUT2D eigenvalue weighted by molar-refractivity contribution is 0.487. The van der Waals surface area contributed by atoms with Gasteiger partial charge in [0.2, 0.25) is 0 Å². The summed E-state index contributed by atoms with van der Waals surface area (Å²) in [7, 11) is 0. The second kappa shape index (κ2) is 2.58. The van der Waals surface area contributed by atoms with Crippen LogP contribution in [0, 0.1) is 5.41 Å². The highest BCUT2D eigenvalue weighted by molar-refractivity contribution is 6.09. The molecule has 0 aromatic carbocycles. The van der Waals surface area contributed by atoms with Crippen molar-refractivity contribution < 1.29 is 0 Å². The van der Waals surface area contributed by atoms with Gasteiger partial charge in [-0.3, -0.25) is 4.99 Å². The van der Waals surface area contributed by atoms with Gasteiger partial charge in [-0.2, -0.15) is 0 Å². The third-order valence-corrected chi connectivity index (χ3v) is 2.48. The summed E-state index contributed by atoms with van der Waals surface area (Å²) >= 11 is 0. The van der Waals surface area contributed by atoms with Crippen molar-refractivity contribution in [2.45, 2.75) is 26.7 Å². The smallest absolute Gasteiger partial charge is 0.0600 e. The van der Waals surface area contributed by atoms with Crippen molar-refractivity contribution in [2.75, 3.05) is 6.54 Å². The molecule has 0 bridgehead atoms. The molecule has 0 saturated carbocycles. The molecule has 0 fully saturated rings. The van der Waals surface area contributed by atoms with Crippen molar-refractivity contribution in [3.05, 3.63) is 23.8 Å². The molecule has 64 valence electrons. The predicted molar refractivity (Wildman–Crippen MR) is 52.5 cm³/mol. The lowest BCUT2D eigenvalue weighted by Crippen LogP contribution is -2.06. The Morgan fingerprint density at radius 2 is 2.25 bits per heavy atom. The molecule has 2 aliphatic rings. The second-order valence-corrected chi connectivity index (χ2v) is 4.28. The molecule has 0 spiro atoms. The summed E-state index contributed by atoms with van der Waals surface area (Å²) in [5.74, 6) is 0. The van der Waals surface area contributed by atoms with E-state index in [1.807, 2.05) is 0 Å². The fourth-order valence-electron chi connectivity index (χ4n) is 1.84. The Bertz CT molecular complexity index is 279. The van der Waals surface area contributed by atoms with Gasteiger partial charge in [0.1, 0.15) is 0 Å². The zero-order chi connectivity index (χ0) is 8.60. The van der Waals surface area contributed by atoms with Crippen LogP contribution in [0.3, 0.4) is 0 Å². The Morgan fingerprint density at radius 3 is 3.08 bits per heavy atom. The van der Waals surface area contributed by atoms with E-state index in [1.54, 1.807) is 0 Å². The molecule has 1 aliphatic heterocycles. The van der Waals surface area contributed by atoms with Crippen LogP contribution in [-0.2, 0) is 0 Å². The van der Waals surface area contributed by atoms with Crippen LogP contribution in [0.4, 0.5) is 0 Å². The molecular weight excluding hydrogens is 146 g/mol. The number of hydrogen-bond acceptors (Lipinski definition) is 1. The summed E-state index contributed by atoms with van der Waals surface area (Å²) in [5, 5.41) is 0. The highest BCUT2D eigenvalue weighted by Crippen LogP contribution is 2.30. The van der Waals surface area contributed by atoms with E-state index >= 15 is 0 Å². The van der Waals surface area contributed by atoms with Crippen LogP contribution in [0.1, 0.15) is 26.7 Å². The van der Waals surface area contributed by atoms with E-state index < -0.39 is 0 Å². The third kappa shape index (κ3) is 1.36. The highest BCUT2D eigenvalue weighted by Gasteiger charge is 2.20. The Labute approximate surface area is 73.9 Å². The summed E-state index contributed by atoms with van der Waals surface area (Å²) in [4.78, 5) is 4.44. The molecule has 0 unspecified atom stereocenters. The molecule has 0 saturated heterocycles. The van der Waals surface area contributed by atoms with Gasteiger partial charge in [0.05, 0.1) is 5.71 Å². The Kier molecular flexibility index (Phi) is 1.67. The molecular formula is C11H15N. The van der Waals surface area contributed by atoms with E-state index in [1.165, 1.54) is 11.3 Å². The quantitative estimate of drug-likeness (QED) is 0.518. The van der Waals surface area contributed by atoms with Crippen LogP contribution in [-0.4, -0.2) is 12.3 Å². The van der Waals surface area contributed by atoms with Crippen LogP contribution in [0.5, 0.6) is 0 Å². The molecule has 1 nitrogen and oxygen atoms in total. The number of rotatable bonds is 0. The third-order valence-electron chi connectivity index (χ3n) is 2.48. The van der Waals surface area contributed by atoms with Gasteiger partial charge in [0.25, 0.3) is 0 Å². The van der Waals surface area contributed by atoms with Gasteiger partial charge in [0, 0.05) is 6.54 Å². The molecule has 2 rings (SSSR count). The fraction of sp³-hybridized carbons (Fsp3) is 0.545. The first-order chi connectivity index (χ1) is 5.67. The lowest BCUT2D eigenvalue weighted by atomic mass is 9.88. The largest absolute Gasteiger partial charge is 0.285 e. The van der Waals surface area contributed by atoms with E-state index in [9.17, 15) is 0 Å². The first kappa shape index (κ1) is 7.78. The first-order valence-electron chi connectivity index (χ1n) is 4.60. The maximum atomic E-state index is 4.44. The van der Waals surface area contributed by atoms with Crippen LogP contribution < -0.4 is 0 Å². The molecule has 12 heavy (non-hydrogen) atoms. The SMILES string of the molecule is CC1(C)C=C2CCN=C2C=CC1. The summed E-state index contributed by atoms with van der Waals surface area (Å²) in [6, 6.07) is 0. The average molecular weight is 161 g/mol. The van der Waals surface area contributed by atoms with Gasteiger partial charge < -0.3 is 0 Å². The lowest BCUT2D eigenvalue weighted by Gasteiger charge is -2.17. The average Bonchev–Trinajstić information content (AvgIpc) is 2.31. The van der Waals surface area contributed by atoms with Gasteiger partial charge >= 0.3 is 0 Å². The number of allylic oxidation sites excluding steroid dienone is 3. The van der Waals surface area contributed by atoms with Crippen molar-refractivity contribution in [3.8, 4) is 0 Å². The number of aliphatic imine (C=N–C) groups is 1. The maximum absolute atomic E-state index is 4.44. The van der Waals surface area contributed by atoms with Crippen molar-refractivity contribution in [2.24, 2.45) is 10.4 Å². The summed E-state index contributed by atoms with van der Waals surface area (Å²) in [6.45, 7) is 5.55. The van der Waals surface area contributed by atoms with Gasteiger partial charge in [-0.25, -0.2) is 0 Å². The van der Waals surface area contributed by atoms with E-state index in [-0.39, 0.29) is 0 Å². The Balaban J connectivity index is 2.39. The normalized spacial score (nSPS) is 25.8. The molecule has 0 aromatic rings. The zero-order valence-electron chi connectivity index (χ0n) is 7.80. The monoisotopic (exact) mass is 161 g/mol.